The average molecular weight is 227 g/mol. The molecule has 3 nitrogen and oxygen atoms in total. The van der Waals surface area contributed by atoms with E-state index in [4.69, 9.17) is 4.74 Å². The minimum Gasteiger partial charge on any atom is -0.497 e. The molecule has 0 saturated carbocycles. The number of aryl methyl sites for hydroxylation is 1. The molecule has 2 aromatic carbocycles. The second kappa shape index (κ2) is 4.78. The Kier molecular flexibility index (Phi) is 3.19. The van der Waals surface area contributed by atoms with E-state index in [2.05, 4.69) is 5.18 Å². The van der Waals surface area contributed by atoms with Crippen LogP contribution in [0, 0.1) is 11.8 Å². The van der Waals surface area contributed by atoms with Gasteiger partial charge in [-0.1, -0.05) is 18.2 Å². The van der Waals surface area contributed by atoms with E-state index < -0.39 is 0 Å². The Balaban J connectivity index is 2.41. The lowest BCUT2D eigenvalue weighted by molar-refractivity contribution is 0.415. The molecule has 0 N–H and O–H groups in total. The highest BCUT2D eigenvalue weighted by molar-refractivity contribution is 5.69. The predicted octanol–water partition coefficient (Wildman–Crippen LogP) is 4.07. The molecule has 0 heterocycles. The number of hydrogen-bond acceptors (Lipinski definition) is 3. The van der Waals surface area contributed by atoms with E-state index in [0.717, 1.165) is 22.4 Å². The minimum atomic E-state index is 0.458. The Morgan fingerprint density at radius 1 is 1.06 bits per heavy atom. The molecule has 0 radical (unpaired) electrons. The fraction of sp³-hybridized carbons (Fsp3) is 0.143. The molecule has 0 atom stereocenters. The topological polar surface area (TPSA) is 38.7 Å². The summed E-state index contributed by atoms with van der Waals surface area (Å²) in [5.41, 5.74) is 3.69. The molecule has 3 heteroatoms. The van der Waals surface area contributed by atoms with Crippen molar-refractivity contribution in [3.05, 3.63) is 52.9 Å². The largest absolute Gasteiger partial charge is 0.497 e. The Bertz CT molecular complexity index is 532. The van der Waals surface area contributed by atoms with Crippen molar-refractivity contribution in [2.45, 2.75) is 6.92 Å². The van der Waals surface area contributed by atoms with Crippen molar-refractivity contribution in [2.75, 3.05) is 7.11 Å². The van der Waals surface area contributed by atoms with Gasteiger partial charge < -0.3 is 4.74 Å². The van der Waals surface area contributed by atoms with E-state index in [0.29, 0.717) is 5.69 Å². The zero-order valence-corrected chi connectivity index (χ0v) is 9.81. The Labute approximate surface area is 100 Å². The van der Waals surface area contributed by atoms with E-state index in [1.165, 1.54) is 0 Å². The molecule has 0 fully saturated rings. The highest BCUT2D eigenvalue weighted by Gasteiger charge is 2.03. The molecular formula is C14H13NO2. The highest BCUT2D eigenvalue weighted by Crippen LogP contribution is 2.28. The van der Waals surface area contributed by atoms with Crippen molar-refractivity contribution in [3.8, 4) is 16.9 Å². The quantitative estimate of drug-likeness (QED) is 0.741. The van der Waals surface area contributed by atoms with Gasteiger partial charge in [0.25, 0.3) is 0 Å². The van der Waals surface area contributed by atoms with Crippen LogP contribution < -0.4 is 4.74 Å². The molecular weight excluding hydrogens is 214 g/mol. The standard InChI is InChI=1S/C14H13NO2/c1-10-9-12(15-16)5-8-14(10)11-3-6-13(17-2)7-4-11/h3-9H,1-2H3. The number of benzene rings is 2. The maximum absolute atomic E-state index is 10.4. The molecule has 0 aliphatic carbocycles. The number of methoxy groups -OCH3 is 1. The maximum atomic E-state index is 10.4. The lowest BCUT2D eigenvalue weighted by Crippen LogP contribution is -1.85. The molecule has 0 aliphatic heterocycles. The third kappa shape index (κ3) is 2.33. The maximum Gasteiger partial charge on any atom is 0.118 e. The minimum absolute atomic E-state index is 0.458. The summed E-state index contributed by atoms with van der Waals surface area (Å²) in [6, 6.07) is 13.2. The van der Waals surface area contributed by atoms with Crippen LogP contribution in [0.25, 0.3) is 11.1 Å². The zero-order valence-electron chi connectivity index (χ0n) is 9.81. The van der Waals surface area contributed by atoms with Gasteiger partial charge in [0.2, 0.25) is 0 Å². The van der Waals surface area contributed by atoms with Crippen LogP contribution >= 0.6 is 0 Å². The summed E-state index contributed by atoms with van der Waals surface area (Å²) in [4.78, 5) is 10.4. The second-order valence-electron chi connectivity index (χ2n) is 3.82. The molecule has 2 rings (SSSR count). The Hall–Kier alpha value is -2.16. The monoisotopic (exact) mass is 227 g/mol. The van der Waals surface area contributed by atoms with Crippen molar-refractivity contribution in [3.63, 3.8) is 0 Å². The first-order chi connectivity index (χ1) is 8.24. The van der Waals surface area contributed by atoms with Gasteiger partial charge in [0, 0.05) is 0 Å². The highest BCUT2D eigenvalue weighted by atomic mass is 16.5. The van der Waals surface area contributed by atoms with Crippen molar-refractivity contribution < 1.29 is 4.74 Å². The van der Waals surface area contributed by atoms with Gasteiger partial charge in [-0.05, 0) is 53.1 Å². The Morgan fingerprint density at radius 2 is 1.76 bits per heavy atom. The lowest BCUT2D eigenvalue weighted by atomic mass is 10.00. The summed E-state index contributed by atoms with van der Waals surface area (Å²) < 4.78 is 5.12. The van der Waals surface area contributed by atoms with Gasteiger partial charge >= 0.3 is 0 Å². The second-order valence-corrected chi connectivity index (χ2v) is 3.82. The number of nitroso groups, excluding NO2 is 1. The van der Waals surface area contributed by atoms with E-state index in [9.17, 15) is 4.91 Å². The van der Waals surface area contributed by atoms with Gasteiger partial charge in [0.05, 0.1) is 7.11 Å². The molecule has 0 spiro atoms. The van der Waals surface area contributed by atoms with E-state index >= 15 is 0 Å². The van der Waals surface area contributed by atoms with Gasteiger partial charge in [0.1, 0.15) is 11.4 Å². The molecule has 0 bridgehead atoms. The number of rotatable bonds is 3. The van der Waals surface area contributed by atoms with Crippen molar-refractivity contribution in [1.82, 2.24) is 0 Å². The summed E-state index contributed by atoms with van der Waals surface area (Å²) in [7, 11) is 1.64. The number of nitrogens with zero attached hydrogens (tertiary/aromatic N) is 1. The van der Waals surface area contributed by atoms with E-state index in [-0.39, 0.29) is 0 Å². The first-order valence-electron chi connectivity index (χ1n) is 5.33. The van der Waals surface area contributed by atoms with Crippen LogP contribution in [0.2, 0.25) is 0 Å². The molecule has 17 heavy (non-hydrogen) atoms. The molecule has 0 aliphatic rings. The van der Waals surface area contributed by atoms with Crippen LogP contribution in [-0.4, -0.2) is 7.11 Å². The smallest absolute Gasteiger partial charge is 0.118 e. The molecule has 86 valence electrons. The summed E-state index contributed by atoms with van der Waals surface area (Å²) in [5, 5.41) is 2.92. The third-order valence-electron chi connectivity index (χ3n) is 2.72. The molecule has 0 saturated heterocycles. The van der Waals surface area contributed by atoms with Gasteiger partial charge in [0.15, 0.2) is 0 Å². The van der Waals surface area contributed by atoms with Crippen LogP contribution in [0.5, 0.6) is 5.75 Å². The SMILES string of the molecule is COc1ccc(-c2ccc(N=O)cc2C)cc1. The normalized spacial score (nSPS) is 10.0. The molecule has 0 unspecified atom stereocenters. The van der Waals surface area contributed by atoms with Gasteiger partial charge in [-0.15, -0.1) is 4.91 Å². The van der Waals surface area contributed by atoms with E-state index in [1.54, 1.807) is 19.2 Å². The predicted molar refractivity (Wildman–Crippen MR) is 68.6 cm³/mol. The van der Waals surface area contributed by atoms with Crippen LogP contribution in [0.4, 0.5) is 5.69 Å². The van der Waals surface area contributed by atoms with Crippen LogP contribution in [-0.2, 0) is 0 Å². The lowest BCUT2D eigenvalue weighted by Gasteiger charge is -2.07. The summed E-state index contributed by atoms with van der Waals surface area (Å²) >= 11 is 0. The third-order valence-corrected chi connectivity index (χ3v) is 2.72. The van der Waals surface area contributed by atoms with Crippen LogP contribution in [0.15, 0.2) is 47.6 Å². The average Bonchev–Trinajstić information content (AvgIpc) is 2.39. The van der Waals surface area contributed by atoms with Crippen molar-refractivity contribution in [2.24, 2.45) is 5.18 Å². The fourth-order valence-corrected chi connectivity index (χ4v) is 1.80. The molecule has 2 aromatic rings. The van der Waals surface area contributed by atoms with Gasteiger partial charge in [-0.25, -0.2) is 0 Å². The first kappa shape index (κ1) is 11.3. The Morgan fingerprint density at radius 3 is 2.29 bits per heavy atom. The fourth-order valence-electron chi connectivity index (χ4n) is 1.80. The molecule has 0 amide bonds. The first-order valence-corrected chi connectivity index (χ1v) is 5.33. The van der Waals surface area contributed by atoms with E-state index in [1.807, 2.05) is 37.3 Å². The van der Waals surface area contributed by atoms with Crippen molar-refractivity contribution >= 4 is 5.69 Å². The summed E-state index contributed by atoms with van der Waals surface area (Å²) in [6.07, 6.45) is 0. The van der Waals surface area contributed by atoms with Crippen LogP contribution in [0.1, 0.15) is 5.56 Å². The van der Waals surface area contributed by atoms with Crippen molar-refractivity contribution in [1.29, 1.82) is 0 Å². The van der Waals surface area contributed by atoms with Crippen LogP contribution in [0.3, 0.4) is 0 Å². The number of ether oxygens (including phenoxy) is 1. The van der Waals surface area contributed by atoms with Gasteiger partial charge in [-0.2, -0.15) is 0 Å². The van der Waals surface area contributed by atoms with Gasteiger partial charge in [-0.3, -0.25) is 0 Å². The summed E-state index contributed by atoms with van der Waals surface area (Å²) in [5.74, 6) is 0.831. The summed E-state index contributed by atoms with van der Waals surface area (Å²) in [6.45, 7) is 1.97. The number of hydrogen-bond donors (Lipinski definition) is 0. The molecule has 0 aromatic heterocycles. The zero-order chi connectivity index (χ0) is 12.3.